The lowest BCUT2D eigenvalue weighted by molar-refractivity contribution is -0.138. The van der Waals surface area contributed by atoms with Gasteiger partial charge < -0.3 is 9.84 Å². The first-order valence-electron chi connectivity index (χ1n) is 11.3. The van der Waals surface area contributed by atoms with E-state index in [1.165, 1.54) is 17.1 Å². The van der Waals surface area contributed by atoms with Crippen LogP contribution in [0.2, 0.25) is 0 Å². The van der Waals surface area contributed by atoms with E-state index in [2.05, 4.69) is 34.0 Å². The Labute approximate surface area is 197 Å². The van der Waals surface area contributed by atoms with Gasteiger partial charge in [0.05, 0.1) is 16.3 Å². The number of amides is 1. The minimum atomic E-state index is -0.698. The molecule has 1 heterocycles. The standard InChI is InChI=1S/C26H28N2O4S/c1-17-24(27-26(31)32-16-19-5-3-2-4-6-19)25(33-28-17)22-13-11-21(12-14-22)20-9-7-18(8-10-20)15-23(29)30/h2-6,11-14,18,20H,7-10,15-16H2,1H3,(H,27,31)(H,29,30). The summed E-state index contributed by atoms with van der Waals surface area (Å²) in [6.07, 6.45) is 3.75. The monoisotopic (exact) mass is 464 g/mol. The molecule has 1 saturated carbocycles. The summed E-state index contributed by atoms with van der Waals surface area (Å²) < 4.78 is 9.80. The maximum atomic E-state index is 12.4. The van der Waals surface area contributed by atoms with Gasteiger partial charge in [0, 0.05) is 6.42 Å². The molecule has 0 radical (unpaired) electrons. The minimum Gasteiger partial charge on any atom is -0.481 e. The quantitative estimate of drug-likeness (QED) is 0.410. The predicted octanol–water partition coefficient (Wildman–Crippen LogP) is 6.62. The predicted molar refractivity (Wildman–Crippen MR) is 129 cm³/mol. The number of nitrogens with one attached hydrogen (secondary N) is 1. The largest absolute Gasteiger partial charge is 0.481 e. The van der Waals surface area contributed by atoms with Crippen molar-refractivity contribution in [1.82, 2.24) is 4.37 Å². The van der Waals surface area contributed by atoms with Crippen molar-refractivity contribution in [1.29, 1.82) is 0 Å². The second-order valence-corrected chi connectivity index (χ2v) is 9.37. The highest BCUT2D eigenvalue weighted by molar-refractivity contribution is 7.10. The van der Waals surface area contributed by atoms with Crippen LogP contribution in [0.15, 0.2) is 54.6 Å². The van der Waals surface area contributed by atoms with Crippen molar-refractivity contribution in [2.24, 2.45) is 5.92 Å². The first-order chi connectivity index (χ1) is 16.0. The van der Waals surface area contributed by atoms with Gasteiger partial charge in [0.15, 0.2) is 0 Å². The average Bonchev–Trinajstić information content (AvgIpc) is 3.18. The van der Waals surface area contributed by atoms with Crippen molar-refractivity contribution in [3.05, 3.63) is 71.4 Å². The van der Waals surface area contributed by atoms with Crippen LogP contribution in [0.4, 0.5) is 10.5 Å². The number of carbonyl (C=O) groups is 2. The van der Waals surface area contributed by atoms with Crippen molar-refractivity contribution in [3.8, 4) is 10.4 Å². The Morgan fingerprint density at radius 3 is 2.42 bits per heavy atom. The molecule has 2 N–H and O–H groups in total. The maximum absolute atomic E-state index is 12.4. The number of aliphatic carboxylic acids is 1. The first-order valence-corrected chi connectivity index (χ1v) is 12.0. The van der Waals surface area contributed by atoms with Gasteiger partial charge in [0.1, 0.15) is 6.61 Å². The van der Waals surface area contributed by atoms with E-state index in [4.69, 9.17) is 9.84 Å². The normalized spacial score (nSPS) is 18.0. The Morgan fingerprint density at radius 1 is 1.06 bits per heavy atom. The lowest BCUT2D eigenvalue weighted by Gasteiger charge is -2.28. The molecule has 0 atom stereocenters. The van der Waals surface area contributed by atoms with E-state index in [-0.39, 0.29) is 13.0 Å². The van der Waals surface area contributed by atoms with E-state index in [1.807, 2.05) is 37.3 Å². The van der Waals surface area contributed by atoms with Crippen molar-refractivity contribution < 1.29 is 19.4 Å². The summed E-state index contributed by atoms with van der Waals surface area (Å²) in [5, 5.41) is 11.9. The topological polar surface area (TPSA) is 88.5 Å². The second kappa shape index (κ2) is 10.6. The fourth-order valence-corrected chi connectivity index (χ4v) is 5.28. The summed E-state index contributed by atoms with van der Waals surface area (Å²) in [7, 11) is 0. The fraction of sp³-hybridized carbons (Fsp3) is 0.346. The van der Waals surface area contributed by atoms with E-state index >= 15 is 0 Å². The van der Waals surface area contributed by atoms with E-state index < -0.39 is 12.1 Å². The Morgan fingerprint density at radius 2 is 1.76 bits per heavy atom. The molecule has 6 nitrogen and oxygen atoms in total. The van der Waals surface area contributed by atoms with Crippen molar-refractivity contribution in [2.75, 3.05) is 5.32 Å². The zero-order valence-corrected chi connectivity index (χ0v) is 19.4. The van der Waals surface area contributed by atoms with Crippen LogP contribution in [0.1, 0.15) is 54.8 Å². The lowest BCUT2D eigenvalue weighted by atomic mass is 9.77. The molecule has 0 saturated heterocycles. The Kier molecular flexibility index (Phi) is 7.40. The molecule has 33 heavy (non-hydrogen) atoms. The molecule has 1 fully saturated rings. The Hall–Kier alpha value is -3.19. The van der Waals surface area contributed by atoms with Crippen molar-refractivity contribution in [3.63, 3.8) is 0 Å². The second-order valence-electron chi connectivity index (χ2n) is 8.60. The van der Waals surface area contributed by atoms with Crippen LogP contribution in [0.3, 0.4) is 0 Å². The first kappa shape index (κ1) is 23.0. The molecule has 172 valence electrons. The average molecular weight is 465 g/mol. The molecule has 3 aromatic rings. The number of ether oxygens (including phenoxy) is 1. The summed E-state index contributed by atoms with van der Waals surface area (Å²) in [4.78, 5) is 24.2. The number of carbonyl (C=O) groups excluding carboxylic acids is 1. The lowest BCUT2D eigenvalue weighted by Crippen LogP contribution is -2.16. The highest BCUT2D eigenvalue weighted by Crippen LogP contribution is 2.39. The molecule has 1 aliphatic carbocycles. The van der Waals surface area contributed by atoms with E-state index in [9.17, 15) is 9.59 Å². The maximum Gasteiger partial charge on any atom is 0.412 e. The van der Waals surface area contributed by atoms with Gasteiger partial charge in [-0.3, -0.25) is 10.1 Å². The van der Waals surface area contributed by atoms with E-state index in [1.54, 1.807) is 0 Å². The zero-order valence-electron chi connectivity index (χ0n) is 18.6. The molecule has 1 amide bonds. The third-order valence-corrected chi connectivity index (χ3v) is 7.24. The molecule has 7 heteroatoms. The molecule has 0 spiro atoms. The molecule has 0 bridgehead atoms. The van der Waals surface area contributed by atoms with Gasteiger partial charge in [-0.2, -0.15) is 4.37 Å². The molecule has 0 aliphatic heterocycles. The molecular weight excluding hydrogens is 436 g/mol. The van der Waals surface area contributed by atoms with Gasteiger partial charge in [-0.15, -0.1) is 0 Å². The zero-order chi connectivity index (χ0) is 23.2. The van der Waals surface area contributed by atoms with Gasteiger partial charge in [0.2, 0.25) is 0 Å². The number of rotatable bonds is 7. The number of aromatic nitrogens is 1. The number of aryl methyl sites for hydroxylation is 1. The summed E-state index contributed by atoms with van der Waals surface area (Å²) in [6.45, 7) is 2.08. The van der Waals surface area contributed by atoms with Crippen LogP contribution in [-0.2, 0) is 16.1 Å². The number of nitrogens with zero attached hydrogens (tertiary/aromatic N) is 1. The van der Waals surface area contributed by atoms with E-state index in [0.29, 0.717) is 17.5 Å². The summed E-state index contributed by atoms with van der Waals surface area (Å²) in [6, 6.07) is 18.0. The highest BCUT2D eigenvalue weighted by Gasteiger charge is 2.24. The smallest absolute Gasteiger partial charge is 0.412 e. The number of hydrogen-bond acceptors (Lipinski definition) is 5. The summed E-state index contributed by atoms with van der Waals surface area (Å²) >= 11 is 1.36. The van der Waals surface area contributed by atoms with Crippen molar-refractivity contribution in [2.45, 2.75) is 51.6 Å². The Bertz CT molecular complexity index is 1090. The van der Waals surface area contributed by atoms with Gasteiger partial charge in [0.25, 0.3) is 0 Å². The van der Waals surface area contributed by atoms with Crippen LogP contribution in [0, 0.1) is 12.8 Å². The van der Waals surface area contributed by atoms with Gasteiger partial charge in [-0.1, -0.05) is 54.6 Å². The number of hydrogen-bond donors (Lipinski definition) is 2. The van der Waals surface area contributed by atoms with Crippen LogP contribution >= 0.6 is 11.5 Å². The third-order valence-electron chi connectivity index (χ3n) is 6.26. The van der Waals surface area contributed by atoms with Crippen LogP contribution in [0.5, 0.6) is 0 Å². The molecule has 1 aromatic heterocycles. The highest BCUT2D eigenvalue weighted by atomic mass is 32.1. The number of benzene rings is 2. The molecule has 4 rings (SSSR count). The SMILES string of the molecule is Cc1nsc(-c2ccc(C3CCC(CC(=O)O)CC3)cc2)c1NC(=O)OCc1ccccc1. The van der Waals surface area contributed by atoms with Gasteiger partial charge >= 0.3 is 12.1 Å². The molecule has 0 unspecified atom stereocenters. The van der Waals surface area contributed by atoms with Crippen LogP contribution < -0.4 is 5.32 Å². The summed E-state index contributed by atoms with van der Waals surface area (Å²) in [5.74, 6) is 0.0716. The van der Waals surface area contributed by atoms with Crippen molar-refractivity contribution >= 4 is 29.3 Å². The fourth-order valence-electron chi connectivity index (χ4n) is 4.43. The Balaban J connectivity index is 1.38. The van der Waals surface area contributed by atoms with Gasteiger partial charge in [-0.25, -0.2) is 4.79 Å². The minimum absolute atomic E-state index is 0.210. The molecule has 1 aliphatic rings. The number of anilines is 1. The molecular formula is C26H28N2O4S. The van der Waals surface area contributed by atoms with Crippen LogP contribution in [0.25, 0.3) is 10.4 Å². The third kappa shape index (κ3) is 5.99. The number of carboxylic acid groups (broad SMARTS) is 1. The van der Waals surface area contributed by atoms with Gasteiger partial charge in [-0.05, 0) is 72.7 Å². The van der Waals surface area contributed by atoms with E-state index in [0.717, 1.165) is 47.4 Å². The van der Waals surface area contributed by atoms with Crippen LogP contribution in [-0.4, -0.2) is 21.5 Å². The summed E-state index contributed by atoms with van der Waals surface area (Å²) in [5.41, 5.74) is 4.65. The molecule has 2 aromatic carbocycles. The number of carboxylic acids is 1.